The molecule has 0 bridgehead atoms. The van der Waals surface area contributed by atoms with E-state index in [1.54, 1.807) is 0 Å². The summed E-state index contributed by atoms with van der Waals surface area (Å²) >= 11 is 0. The van der Waals surface area contributed by atoms with Crippen molar-refractivity contribution in [3.05, 3.63) is 91.0 Å². The SMILES string of the molecule is O=C(C[P+](c1ccccc1)(c1ccccc1)c1ccccc1)ON1C(=O)CCC1=O. The number of benzene rings is 3. The maximum absolute atomic E-state index is 13.1. The van der Waals surface area contributed by atoms with Crippen molar-refractivity contribution in [2.24, 2.45) is 0 Å². The van der Waals surface area contributed by atoms with Crippen LogP contribution in [0.5, 0.6) is 0 Å². The van der Waals surface area contributed by atoms with Crippen LogP contribution in [-0.2, 0) is 19.2 Å². The molecule has 0 aromatic heterocycles. The van der Waals surface area contributed by atoms with Crippen LogP contribution in [0, 0.1) is 0 Å². The smallest absolute Gasteiger partial charge is 0.326 e. The molecule has 0 unspecified atom stereocenters. The number of carbonyl (C=O) groups is 3. The number of imide groups is 1. The van der Waals surface area contributed by atoms with Gasteiger partial charge in [-0.25, -0.2) is 4.79 Å². The van der Waals surface area contributed by atoms with Gasteiger partial charge in [0.15, 0.2) is 6.16 Å². The molecule has 5 nitrogen and oxygen atoms in total. The Morgan fingerprint density at radius 2 is 1.07 bits per heavy atom. The number of hydrogen-bond donors (Lipinski definition) is 0. The molecule has 30 heavy (non-hydrogen) atoms. The summed E-state index contributed by atoms with van der Waals surface area (Å²) in [5.74, 6) is -1.55. The van der Waals surface area contributed by atoms with Crippen molar-refractivity contribution in [3.63, 3.8) is 0 Å². The Hall–Kier alpha value is -3.30. The van der Waals surface area contributed by atoms with Gasteiger partial charge in [0.1, 0.15) is 23.2 Å². The third-order valence-corrected chi connectivity index (χ3v) is 9.43. The van der Waals surface area contributed by atoms with Gasteiger partial charge in [-0.05, 0) is 36.4 Å². The van der Waals surface area contributed by atoms with Crippen LogP contribution in [0.15, 0.2) is 91.0 Å². The first-order valence-corrected chi connectivity index (χ1v) is 11.7. The van der Waals surface area contributed by atoms with Crippen LogP contribution < -0.4 is 15.9 Å². The lowest BCUT2D eigenvalue weighted by Crippen LogP contribution is -2.39. The quantitative estimate of drug-likeness (QED) is 0.456. The molecule has 2 amide bonds. The van der Waals surface area contributed by atoms with E-state index in [0.717, 1.165) is 15.9 Å². The molecule has 0 saturated carbocycles. The van der Waals surface area contributed by atoms with Crippen molar-refractivity contribution in [1.29, 1.82) is 0 Å². The van der Waals surface area contributed by atoms with Crippen molar-refractivity contribution in [1.82, 2.24) is 5.06 Å². The molecule has 150 valence electrons. The van der Waals surface area contributed by atoms with Gasteiger partial charge in [0, 0.05) is 12.8 Å². The minimum Gasteiger partial charge on any atom is -0.326 e. The summed E-state index contributed by atoms with van der Waals surface area (Å²) < 4.78 is 0. The molecule has 6 heteroatoms. The molecule has 0 N–H and O–H groups in total. The first kappa shape index (κ1) is 20.0. The van der Waals surface area contributed by atoms with Gasteiger partial charge in [-0.1, -0.05) is 54.6 Å². The van der Waals surface area contributed by atoms with Crippen LogP contribution in [0.4, 0.5) is 0 Å². The number of hydroxylamine groups is 2. The topological polar surface area (TPSA) is 63.7 Å². The summed E-state index contributed by atoms with van der Waals surface area (Å²) in [6, 6.07) is 29.7. The molecule has 0 aliphatic carbocycles. The minimum atomic E-state index is -2.43. The molecule has 1 saturated heterocycles. The van der Waals surface area contributed by atoms with Gasteiger partial charge >= 0.3 is 5.97 Å². The highest BCUT2D eigenvalue weighted by atomic mass is 31.2. The van der Waals surface area contributed by atoms with Gasteiger partial charge in [-0.3, -0.25) is 9.59 Å². The average molecular weight is 418 g/mol. The van der Waals surface area contributed by atoms with Gasteiger partial charge in [0.05, 0.1) is 0 Å². The molecule has 1 fully saturated rings. The van der Waals surface area contributed by atoms with Crippen LogP contribution in [0.1, 0.15) is 12.8 Å². The second-order valence-electron chi connectivity index (χ2n) is 7.02. The van der Waals surface area contributed by atoms with Gasteiger partial charge < -0.3 is 4.84 Å². The largest absolute Gasteiger partial charge is 0.371 e. The van der Waals surface area contributed by atoms with E-state index in [0.29, 0.717) is 5.06 Å². The van der Waals surface area contributed by atoms with E-state index in [4.69, 9.17) is 4.84 Å². The first-order valence-electron chi connectivity index (χ1n) is 9.73. The minimum absolute atomic E-state index is 0.0437. The van der Waals surface area contributed by atoms with Crippen molar-refractivity contribution >= 4 is 41.0 Å². The van der Waals surface area contributed by atoms with Crippen molar-refractivity contribution < 1.29 is 19.2 Å². The summed E-state index contributed by atoms with van der Waals surface area (Å²) in [6.07, 6.45) is 0.188. The maximum atomic E-state index is 13.1. The molecule has 0 radical (unpaired) electrons. The highest BCUT2D eigenvalue weighted by molar-refractivity contribution is 7.96. The number of nitrogens with zero attached hydrogens (tertiary/aromatic N) is 1. The Kier molecular flexibility index (Phi) is 5.73. The third kappa shape index (κ3) is 3.77. The normalized spacial score (nSPS) is 14.1. The summed E-state index contributed by atoms with van der Waals surface area (Å²) in [4.78, 5) is 42.2. The van der Waals surface area contributed by atoms with E-state index in [1.807, 2.05) is 91.0 Å². The summed E-state index contributed by atoms with van der Waals surface area (Å²) in [7, 11) is -2.43. The van der Waals surface area contributed by atoms with Gasteiger partial charge in [-0.2, -0.15) is 0 Å². The van der Waals surface area contributed by atoms with E-state index < -0.39 is 25.0 Å². The number of carbonyl (C=O) groups excluding carboxylic acids is 3. The lowest BCUT2D eigenvalue weighted by Gasteiger charge is -2.27. The molecular formula is C24H21NO4P+. The van der Waals surface area contributed by atoms with Crippen molar-refractivity contribution in [3.8, 4) is 0 Å². The Labute approximate surface area is 175 Å². The molecule has 1 aliphatic rings. The van der Waals surface area contributed by atoms with E-state index >= 15 is 0 Å². The zero-order valence-electron chi connectivity index (χ0n) is 16.3. The third-order valence-electron chi connectivity index (χ3n) is 5.16. The van der Waals surface area contributed by atoms with E-state index in [2.05, 4.69) is 0 Å². The Morgan fingerprint density at radius 1 is 0.700 bits per heavy atom. The van der Waals surface area contributed by atoms with E-state index in [9.17, 15) is 14.4 Å². The fourth-order valence-electron chi connectivity index (χ4n) is 3.75. The lowest BCUT2D eigenvalue weighted by molar-refractivity contribution is -0.195. The van der Waals surface area contributed by atoms with Crippen molar-refractivity contribution in [2.75, 3.05) is 6.16 Å². The molecule has 3 aromatic rings. The van der Waals surface area contributed by atoms with Crippen LogP contribution in [-0.4, -0.2) is 29.0 Å². The Bertz CT molecular complexity index is 942. The Balaban J connectivity index is 1.82. The van der Waals surface area contributed by atoms with Crippen LogP contribution in [0.2, 0.25) is 0 Å². The van der Waals surface area contributed by atoms with Crippen molar-refractivity contribution in [2.45, 2.75) is 12.8 Å². The van der Waals surface area contributed by atoms with E-state index in [-0.39, 0.29) is 19.0 Å². The average Bonchev–Trinajstić information content (AvgIpc) is 3.11. The molecule has 3 aromatic carbocycles. The zero-order valence-corrected chi connectivity index (χ0v) is 17.2. The second-order valence-corrected chi connectivity index (χ2v) is 10.5. The highest BCUT2D eigenvalue weighted by Crippen LogP contribution is 2.55. The number of rotatable bonds is 6. The van der Waals surface area contributed by atoms with E-state index in [1.165, 1.54) is 0 Å². The summed E-state index contributed by atoms with van der Waals surface area (Å²) in [6.45, 7) is 0. The predicted molar refractivity (Wildman–Crippen MR) is 117 cm³/mol. The highest BCUT2D eigenvalue weighted by Gasteiger charge is 2.49. The monoisotopic (exact) mass is 418 g/mol. The standard InChI is InChI=1S/C24H21NO4P/c26-22-16-17-23(27)25(22)29-24(28)18-30(19-10-4-1-5-11-19,20-12-6-2-7-13-20)21-14-8-3-9-15-21/h1-15H,16-18H2/q+1. The van der Waals surface area contributed by atoms with Gasteiger partial charge in [0.25, 0.3) is 11.8 Å². The number of hydrogen-bond acceptors (Lipinski definition) is 4. The molecule has 1 heterocycles. The fourth-order valence-corrected chi connectivity index (χ4v) is 7.68. The summed E-state index contributed by atoms with van der Waals surface area (Å²) in [5, 5.41) is 3.70. The van der Waals surface area contributed by atoms with Gasteiger partial charge in [-0.15, -0.1) is 5.06 Å². The van der Waals surface area contributed by atoms with Gasteiger partial charge in [0.2, 0.25) is 0 Å². The molecule has 0 atom stereocenters. The first-order chi connectivity index (χ1) is 14.6. The van der Waals surface area contributed by atoms with Crippen LogP contribution >= 0.6 is 7.26 Å². The molecule has 4 rings (SSSR count). The predicted octanol–water partition coefficient (Wildman–Crippen LogP) is 2.59. The molecule has 0 spiro atoms. The summed E-state index contributed by atoms with van der Waals surface area (Å²) in [5.41, 5.74) is 0. The maximum Gasteiger partial charge on any atom is 0.371 e. The molecular weight excluding hydrogens is 397 g/mol. The number of amides is 2. The zero-order chi connectivity index (χ0) is 21.0. The second kappa shape index (κ2) is 8.60. The Morgan fingerprint density at radius 3 is 1.43 bits per heavy atom. The molecule has 1 aliphatic heterocycles. The fraction of sp³-hybridized carbons (Fsp3) is 0.125. The van der Waals surface area contributed by atoms with Crippen LogP contribution in [0.3, 0.4) is 0 Å². The van der Waals surface area contributed by atoms with Crippen LogP contribution in [0.25, 0.3) is 0 Å². The lowest BCUT2D eigenvalue weighted by atomic mass is 10.4.